The average molecular weight is 333 g/mol. The number of benzene rings is 2. The van der Waals surface area contributed by atoms with Crippen LogP contribution in [0, 0.1) is 0 Å². The van der Waals surface area contributed by atoms with E-state index in [1.807, 2.05) is 24.3 Å². The van der Waals surface area contributed by atoms with Crippen LogP contribution in [-0.4, -0.2) is 13.0 Å². The van der Waals surface area contributed by atoms with E-state index in [0.29, 0.717) is 9.90 Å². The summed E-state index contributed by atoms with van der Waals surface area (Å²) in [5, 5.41) is 1.64. The molecule has 0 unspecified atom stereocenters. The maximum absolute atomic E-state index is 12.2. The molecule has 1 amide bonds. The van der Waals surface area contributed by atoms with E-state index in [4.69, 9.17) is 16.3 Å². The first-order chi connectivity index (χ1) is 10.7. The van der Waals surface area contributed by atoms with E-state index >= 15 is 0 Å². The number of carbonyl (C=O) groups excluding carboxylic acids is 1. The van der Waals surface area contributed by atoms with Gasteiger partial charge in [0.15, 0.2) is 0 Å². The zero-order chi connectivity index (χ0) is 15.5. The molecule has 0 atom stereocenters. The van der Waals surface area contributed by atoms with Crippen molar-refractivity contribution in [2.24, 2.45) is 0 Å². The summed E-state index contributed by atoms with van der Waals surface area (Å²) in [4.78, 5) is 12.8. The summed E-state index contributed by atoms with van der Waals surface area (Å²) in [6.45, 7) is 0. The lowest BCUT2D eigenvalue weighted by Crippen LogP contribution is -2.28. The maximum atomic E-state index is 12.2. The van der Waals surface area contributed by atoms with Gasteiger partial charge in [0.1, 0.15) is 5.75 Å². The lowest BCUT2D eigenvalue weighted by atomic mass is 10.2. The van der Waals surface area contributed by atoms with Crippen molar-refractivity contribution in [3.63, 3.8) is 0 Å². The van der Waals surface area contributed by atoms with E-state index in [9.17, 15) is 4.79 Å². The van der Waals surface area contributed by atoms with Gasteiger partial charge in [-0.15, -0.1) is 11.3 Å². The first-order valence-electron chi connectivity index (χ1n) is 6.55. The molecule has 0 aliphatic heterocycles. The highest BCUT2D eigenvalue weighted by atomic mass is 35.5. The van der Waals surface area contributed by atoms with Crippen LogP contribution >= 0.6 is 22.9 Å². The molecule has 1 aromatic heterocycles. The zero-order valence-corrected chi connectivity index (χ0v) is 13.3. The van der Waals surface area contributed by atoms with Gasteiger partial charge in [0, 0.05) is 9.72 Å². The van der Waals surface area contributed by atoms with Crippen molar-refractivity contribution < 1.29 is 9.53 Å². The van der Waals surface area contributed by atoms with Gasteiger partial charge >= 0.3 is 0 Å². The van der Waals surface area contributed by atoms with Crippen LogP contribution in [0.3, 0.4) is 0 Å². The first-order valence-corrected chi connectivity index (χ1v) is 7.74. The molecule has 0 saturated heterocycles. The van der Waals surface area contributed by atoms with Gasteiger partial charge in [0.2, 0.25) is 0 Å². The fraction of sp³-hybridized carbons (Fsp3) is 0.0625. The second-order valence-electron chi connectivity index (χ2n) is 4.60. The molecule has 4 nitrogen and oxygen atoms in total. The van der Waals surface area contributed by atoms with E-state index in [0.717, 1.165) is 21.5 Å². The minimum Gasteiger partial charge on any atom is -0.497 e. The lowest BCUT2D eigenvalue weighted by Gasteiger charge is -2.07. The quantitative estimate of drug-likeness (QED) is 0.699. The summed E-state index contributed by atoms with van der Waals surface area (Å²) in [5.41, 5.74) is 6.30. The van der Waals surface area contributed by atoms with Crippen LogP contribution in [-0.2, 0) is 0 Å². The van der Waals surface area contributed by atoms with Crippen LogP contribution in [0.2, 0.25) is 5.02 Å². The van der Waals surface area contributed by atoms with Crippen molar-refractivity contribution in [3.8, 4) is 5.75 Å². The van der Waals surface area contributed by atoms with Crippen molar-refractivity contribution >= 4 is 44.6 Å². The minimum atomic E-state index is -0.185. The molecule has 0 aliphatic rings. The van der Waals surface area contributed by atoms with E-state index in [1.165, 1.54) is 11.3 Å². The van der Waals surface area contributed by atoms with Crippen LogP contribution in [0.1, 0.15) is 9.67 Å². The molecule has 1 heterocycles. The number of fused-ring (bicyclic) bond motifs is 1. The molecule has 2 N–H and O–H groups in total. The second-order valence-corrected chi connectivity index (χ2v) is 6.12. The Bertz CT molecular complexity index is 815. The molecular weight excluding hydrogens is 320 g/mol. The average Bonchev–Trinajstić information content (AvgIpc) is 2.97. The van der Waals surface area contributed by atoms with Gasteiger partial charge in [0.25, 0.3) is 5.91 Å². The lowest BCUT2D eigenvalue weighted by molar-refractivity contribution is 0.0966. The van der Waals surface area contributed by atoms with E-state index in [2.05, 4.69) is 10.9 Å². The number of anilines is 1. The van der Waals surface area contributed by atoms with Gasteiger partial charge < -0.3 is 4.74 Å². The largest absolute Gasteiger partial charge is 0.497 e. The van der Waals surface area contributed by atoms with Crippen LogP contribution in [0.5, 0.6) is 5.75 Å². The SMILES string of the molecule is COc1ccc2sc(C(=O)NNc3ccc(Cl)cc3)cc2c1. The van der Waals surface area contributed by atoms with E-state index in [-0.39, 0.29) is 5.91 Å². The first kappa shape index (κ1) is 14.7. The molecule has 0 saturated carbocycles. The van der Waals surface area contributed by atoms with Gasteiger partial charge in [-0.25, -0.2) is 0 Å². The van der Waals surface area contributed by atoms with Crippen LogP contribution in [0.15, 0.2) is 48.5 Å². The number of halogens is 1. The number of amides is 1. The number of rotatable bonds is 4. The summed E-state index contributed by atoms with van der Waals surface area (Å²) < 4.78 is 6.23. The Morgan fingerprint density at radius 3 is 2.64 bits per heavy atom. The minimum absolute atomic E-state index is 0.185. The topological polar surface area (TPSA) is 50.4 Å². The molecule has 2 aromatic carbocycles. The number of hydrazine groups is 1. The number of carbonyl (C=O) groups is 1. The highest BCUT2D eigenvalue weighted by Crippen LogP contribution is 2.28. The maximum Gasteiger partial charge on any atom is 0.279 e. The Morgan fingerprint density at radius 1 is 1.14 bits per heavy atom. The predicted molar refractivity (Wildman–Crippen MR) is 90.9 cm³/mol. The molecule has 6 heteroatoms. The molecule has 22 heavy (non-hydrogen) atoms. The monoisotopic (exact) mass is 332 g/mol. The zero-order valence-electron chi connectivity index (χ0n) is 11.7. The second kappa shape index (κ2) is 6.25. The molecule has 112 valence electrons. The van der Waals surface area contributed by atoms with Crippen molar-refractivity contribution in [1.82, 2.24) is 5.43 Å². The smallest absolute Gasteiger partial charge is 0.279 e. The van der Waals surface area contributed by atoms with Crippen LogP contribution in [0.4, 0.5) is 5.69 Å². The van der Waals surface area contributed by atoms with Crippen molar-refractivity contribution in [3.05, 3.63) is 58.4 Å². The van der Waals surface area contributed by atoms with E-state index < -0.39 is 0 Å². The van der Waals surface area contributed by atoms with Gasteiger partial charge in [0.05, 0.1) is 17.7 Å². The van der Waals surface area contributed by atoms with Gasteiger partial charge in [-0.1, -0.05) is 11.6 Å². The summed E-state index contributed by atoms with van der Waals surface area (Å²) >= 11 is 7.25. The third kappa shape index (κ3) is 3.16. The van der Waals surface area contributed by atoms with Gasteiger partial charge in [-0.2, -0.15) is 0 Å². The Balaban J connectivity index is 1.73. The number of hydrogen-bond donors (Lipinski definition) is 2. The molecular formula is C16H13ClN2O2S. The Morgan fingerprint density at radius 2 is 1.91 bits per heavy atom. The van der Waals surface area contributed by atoms with Crippen LogP contribution in [0.25, 0.3) is 10.1 Å². The van der Waals surface area contributed by atoms with Gasteiger partial charge in [-0.05, 0) is 53.9 Å². The fourth-order valence-electron chi connectivity index (χ4n) is 1.98. The standard InChI is InChI=1S/C16H13ClN2O2S/c1-21-13-6-7-14-10(8-13)9-15(22-14)16(20)19-18-12-4-2-11(17)3-5-12/h2-9,18H,1H3,(H,19,20). The van der Waals surface area contributed by atoms with E-state index in [1.54, 1.807) is 31.4 Å². The predicted octanol–water partition coefficient (Wildman–Crippen LogP) is 4.32. The summed E-state index contributed by atoms with van der Waals surface area (Å²) in [5.74, 6) is 0.590. The Hall–Kier alpha value is -2.24. The summed E-state index contributed by atoms with van der Waals surface area (Å²) in [6, 6.07) is 14.7. The normalized spacial score (nSPS) is 10.5. The summed E-state index contributed by atoms with van der Waals surface area (Å²) in [7, 11) is 1.62. The number of hydrogen-bond acceptors (Lipinski definition) is 4. The molecule has 0 radical (unpaired) electrons. The number of ether oxygens (including phenoxy) is 1. The Labute approximate surface area is 136 Å². The van der Waals surface area contributed by atoms with Crippen molar-refractivity contribution in [1.29, 1.82) is 0 Å². The summed E-state index contributed by atoms with van der Waals surface area (Å²) in [6.07, 6.45) is 0. The third-order valence-electron chi connectivity index (χ3n) is 3.11. The highest BCUT2D eigenvalue weighted by molar-refractivity contribution is 7.20. The van der Waals surface area contributed by atoms with Crippen molar-refractivity contribution in [2.75, 3.05) is 12.5 Å². The van der Waals surface area contributed by atoms with Gasteiger partial charge in [-0.3, -0.25) is 15.6 Å². The highest BCUT2D eigenvalue weighted by Gasteiger charge is 2.10. The molecule has 0 fully saturated rings. The number of methoxy groups -OCH3 is 1. The van der Waals surface area contributed by atoms with Crippen LogP contribution < -0.4 is 15.6 Å². The molecule has 0 spiro atoms. The molecule has 3 aromatic rings. The molecule has 3 rings (SSSR count). The molecule has 0 aliphatic carbocycles. The van der Waals surface area contributed by atoms with Crippen molar-refractivity contribution in [2.45, 2.75) is 0 Å². The Kier molecular flexibility index (Phi) is 4.18. The number of nitrogens with one attached hydrogen (secondary N) is 2. The third-order valence-corrected chi connectivity index (χ3v) is 4.48. The number of thiophene rings is 1. The molecule has 0 bridgehead atoms. The fourth-order valence-corrected chi connectivity index (χ4v) is 3.05.